The third-order valence-corrected chi connectivity index (χ3v) is 2.04. The molecule has 0 saturated carbocycles. The van der Waals surface area contributed by atoms with E-state index in [0.717, 1.165) is 30.8 Å². The number of hydrogen-bond donors (Lipinski definition) is 0. The van der Waals surface area contributed by atoms with Crippen LogP contribution in [0.4, 0.5) is 5.95 Å². The van der Waals surface area contributed by atoms with E-state index in [-0.39, 0.29) is 0 Å². The normalized spacial score (nSPS) is 10.0. The molecule has 1 aromatic heterocycles. The highest BCUT2D eigenvalue weighted by Crippen LogP contribution is 2.05. The lowest BCUT2D eigenvalue weighted by molar-refractivity contribution is 0.767. The van der Waals surface area contributed by atoms with Crippen LogP contribution in [0.15, 0.2) is 18.5 Å². The monoisotopic (exact) mass is 243 g/mol. The van der Waals surface area contributed by atoms with E-state index in [0.29, 0.717) is 0 Å². The second-order valence-corrected chi connectivity index (χ2v) is 3.52. The summed E-state index contributed by atoms with van der Waals surface area (Å²) in [5.74, 6) is 0.823. The minimum absolute atomic E-state index is 0.823. The summed E-state index contributed by atoms with van der Waals surface area (Å²) < 4.78 is 0. The molecule has 1 heterocycles. The molecule has 4 heteroatoms. The highest BCUT2D eigenvalue weighted by Gasteiger charge is 2.05. The summed E-state index contributed by atoms with van der Waals surface area (Å²) in [4.78, 5) is 10.6. The summed E-state index contributed by atoms with van der Waals surface area (Å²) in [6, 6.07) is 1.84. The van der Waals surface area contributed by atoms with Crippen molar-refractivity contribution in [3.8, 4) is 0 Å². The highest BCUT2D eigenvalue weighted by atomic mass is 79.9. The smallest absolute Gasteiger partial charge is 0.225 e. The molecule has 72 valence electrons. The largest absolute Gasteiger partial charge is 0.340 e. The molecule has 0 N–H and O–H groups in total. The molecule has 0 bridgehead atoms. The zero-order valence-electron chi connectivity index (χ0n) is 7.78. The summed E-state index contributed by atoms with van der Waals surface area (Å²) in [5, 5.41) is 0.950. The minimum Gasteiger partial charge on any atom is -0.340 e. The summed E-state index contributed by atoms with van der Waals surface area (Å²) in [5.41, 5.74) is 0. The van der Waals surface area contributed by atoms with Crippen LogP contribution < -0.4 is 4.90 Å². The van der Waals surface area contributed by atoms with Crippen molar-refractivity contribution in [1.29, 1.82) is 0 Å². The third-order valence-electron chi connectivity index (χ3n) is 1.68. The first-order chi connectivity index (χ1) is 6.38. The molecule has 0 atom stereocenters. The second kappa shape index (κ2) is 5.91. The number of halogens is 1. The maximum absolute atomic E-state index is 4.21. The van der Waals surface area contributed by atoms with Crippen LogP contribution >= 0.6 is 15.9 Å². The number of hydrogen-bond acceptors (Lipinski definition) is 3. The molecule has 0 radical (unpaired) electrons. The maximum atomic E-state index is 4.21. The number of rotatable bonds is 5. The molecule has 1 rings (SSSR count). The first-order valence-electron chi connectivity index (χ1n) is 4.46. The SMILES string of the molecule is CCCN(CCBr)c1ncccn1. The molecule has 3 nitrogen and oxygen atoms in total. The number of anilines is 1. The van der Waals surface area contributed by atoms with Crippen molar-refractivity contribution >= 4 is 21.9 Å². The average molecular weight is 244 g/mol. The van der Waals surface area contributed by atoms with Crippen LogP contribution in [0.5, 0.6) is 0 Å². The van der Waals surface area contributed by atoms with Gasteiger partial charge in [-0.3, -0.25) is 0 Å². The maximum Gasteiger partial charge on any atom is 0.225 e. The fraction of sp³-hybridized carbons (Fsp3) is 0.556. The quantitative estimate of drug-likeness (QED) is 0.742. The lowest BCUT2D eigenvalue weighted by Gasteiger charge is -2.20. The van der Waals surface area contributed by atoms with E-state index in [1.165, 1.54) is 0 Å². The molecule has 13 heavy (non-hydrogen) atoms. The van der Waals surface area contributed by atoms with Gasteiger partial charge >= 0.3 is 0 Å². The predicted octanol–water partition coefficient (Wildman–Crippen LogP) is 2.09. The Labute approximate surface area is 87.3 Å². The van der Waals surface area contributed by atoms with Gasteiger partial charge in [0.05, 0.1) is 0 Å². The Morgan fingerprint density at radius 2 is 2.00 bits per heavy atom. The Morgan fingerprint density at radius 1 is 1.31 bits per heavy atom. The molecule has 0 fully saturated rings. The fourth-order valence-corrected chi connectivity index (χ4v) is 1.57. The first kappa shape index (κ1) is 10.4. The molecular weight excluding hydrogens is 230 g/mol. The Bertz CT molecular complexity index is 222. The van der Waals surface area contributed by atoms with E-state index in [2.05, 4.69) is 37.7 Å². The van der Waals surface area contributed by atoms with Crippen LogP contribution in [0.2, 0.25) is 0 Å². The Morgan fingerprint density at radius 3 is 2.54 bits per heavy atom. The van der Waals surface area contributed by atoms with Gasteiger partial charge in [0.1, 0.15) is 0 Å². The lowest BCUT2D eigenvalue weighted by Crippen LogP contribution is -2.27. The van der Waals surface area contributed by atoms with Crippen LogP contribution in [0, 0.1) is 0 Å². The van der Waals surface area contributed by atoms with Gasteiger partial charge in [-0.05, 0) is 12.5 Å². The third kappa shape index (κ3) is 3.30. The molecule has 0 aliphatic rings. The van der Waals surface area contributed by atoms with Crippen LogP contribution in [0.25, 0.3) is 0 Å². The molecule has 0 aliphatic carbocycles. The Hall–Kier alpha value is -0.640. The number of nitrogens with zero attached hydrogens (tertiary/aromatic N) is 3. The predicted molar refractivity (Wildman–Crippen MR) is 58.3 cm³/mol. The molecule has 0 aromatic carbocycles. The molecule has 0 aliphatic heterocycles. The minimum atomic E-state index is 0.823. The number of aromatic nitrogens is 2. The van der Waals surface area contributed by atoms with E-state index in [9.17, 15) is 0 Å². The lowest BCUT2D eigenvalue weighted by atomic mass is 10.4. The Balaban J connectivity index is 2.64. The zero-order valence-corrected chi connectivity index (χ0v) is 9.37. The number of alkyl halides is 1. The van der Waals surface area contributed by atoms with Crippen molar-refractivity contribution in [2.45, 2.75) is 13.3 Å². The van der Waals surface area contributed by atoms with Crippen molar-refractivity contribution in [2.75, 3.05) is 23.3 Å². The van der Waals surface area contributed by atoms with Crippen molar-refractivity contribution in [2.24, 2.45) is 0 Å². The highest BCUT2D eigenvalue weighted by molar-refractivity contribution is 9.09. The van der Waals surface area contributed by atoms with Crippen LogP contribution in [0.1, 0.15) is 13.3 Å². The Kier molecular flexibility index (Phi) is 4.75. The standard InChI is InChI=1S/C9H14BrN3/c1-2-7-13(8-4-10)9-11-5-3-6-12-9/h3,5-6H,2,4,7-8H2,1H3. The second-order valence-electron chi connectivity index (χ2n) is 2.72. The van der Waals surface area contributed by atoms with Crippen molar-refractivity contribution in [1.82, 2.24) is 9.97 Å². The van der Waals surface area contributed by atoms with Crippen molar-refractivity contribution in [3.63, 3.8) is 0 Å². The van der Waals surface area contributed by atoms with E-state index >= 15 is 0 Å². The molecule has 0 saturated heterocycles. The summed E-state index contributed by atoms with van der Waals surface area (Å²) >= 11 is 3.42. The van der Waals surface area contributed by atoms with E-state index < -0.39 is 0 Å². The summed E-state index contributed by atoms with van der Waals surface area (Å²) in [6.07, 6.45) is 4.67. The molecule has 1 aromatic rings. The van der Waals surface area contributed by atoms with Crippen LogP contribution in [-0.2, 0) is 0 Å². The van der Waals surface area contributed by atoms with E-state index in [1.54, 1.807) is 12.4 Å². The van der Waals surface area contributed by atoms with Gasteiger partial charge in [0.2, 0.25) is 5.95 Å². The van der Waals surface area contributed by atoms with Gasteiger partial charge < -0.3 is 4.90 Å². The van der Waals surface area contributed by atoms with Crippen molar-refractivity contribution in [3.05, 3.63) is 18.5 Å². The first-order valence-corrected chi connectivity index (χ1v) is 5.58. The van der Waals surface area contributed by atoms with Gasteiger partial charge in [0.25, 0.3) is 0 Å². The molecule has 0 amide bonds. The van der Waals surface area contributed by atoms with Crippen molar-refractivity contribution < 1.29 is 0 Å². The summed E-state index contributed by atoms with van der Waals surface area (Å²) in [7, 11) is 0. The van der Waals surface area contributed by atoms with E-state index in [1.807, 2.05) is 6.07 Å². The zero-order chi connectivity index (χ0) is 9.52. The van der Waals surface area contributed by atoms with Gasteiger partial charge in [0, 0.05) is 30.8 Å². The topological polar surface area (TPSA) is 29.0 Å². The van der Waals surface area contributed by atoms with Gasteiger partial charge in [-0.1, -0.05) is 22.9 Å². The van der Waals surface area contributed by atoms with Crippen LogP contribution in [0.3, 0.4) is 0 Å². The molecule has 0 unspecified atom stereocenters. The van der Waals surface area contributed by atoms with Gasteiger partial charge in [-0.15, -0.1) is 0 Å². The molecule has 0 spiro atoms. The fourth-order valence-electron chi connectivity index (χ4n) is 1.14. The summed E-state index contributed by atoms with van der Waals surface area (Å²) in [6.45, 7) is 4.12. The average Bonchev–Trinajstić information content (AvgIpc) is 2.19. The van der Waals surface area contributed by atoms with E-state index in [4.69, 9.17) is 0 Å². The molecular formula is C9H14BrN3. The van der Waals surface area contributed by atoms with Crippen LogP contribution in [-0.4, -0.2) is 28.4 Å². The van der Waals surface area contributed by atoms with Gasteiger partial charge in [0.15, 0.2) is 0 Å². The van der Waals surface area contributed by atoms with Gasteiger partial charge in [-0.2, -0.15) is 0 Å². The van der Waals surface area contributed by atoms with Gasteiger partial charge in [-0.25, -0.2) is 9.97 Å².